The molecule has 0 amide bonds. The minimum absolute atomic E-state index is 0.664. The van der Waals surface area contributed by atoms with Crippen molar-refractivity contribution in [3.05, 3.63) is 76.9 Å². The van der Waals surface area contributed by atoms with Gasteiger partial charge in [0.2, 0.25) is 11.5 Å². The number of hydrogen-bond acceptors (Lipinski definition) is 9. The van der Waals surface area contributed by atoms with E-state index >= 15 is 0 Å². The maximum atomic E-state index is 11.1. The average molecular weight is 350 g/mol. The molecule has 0 saturated heterocycles. The van der Waals surface area contributed by atoms with Crippen molar-refractivity contribution in [3.63, 3.8) is 0 Å². The topological polar surface area (TPSA) is 182 Å². The molecule has 0 N–H and O–H groups in total. The van der Waals surface area contributed by atoms with Crippen LogP contribution in [0.5, 0.6) is 11.5 Å². The van der Waals surface area contributed by atoms with Gasteiger partial charge in [-0.2, -0.15) is 0 Å². The van der Waals surface area contributed by atoms with Gasteiger partial charge in [-0.3, -0.25) is 40.5 Å². The molecule has 0 aromatic heterocycles. The molecular formula is C12H6N4O9. The summed E-state index contributed by atoms with van der Waals surface area (Å²) >= 11 is 0. The standard InChI is InChI=1S/C12H6N4O9/c17-13(18)7-3-1-5-9(11(7)15(21)22)25-10-6-2-4-8(14(19)20)12(10)16(23)24/h1-6H. The lowest BCUT2D eigenvalue weighted by atomic mass is 10.2. The van der Waals surface area contributed by atoms with Crippen molar-refractivity contribution in [2.45, 2.75) is 0 Å². The molecule has 0 aliphatic heterocycles. The van der Waals surface area contributed by atoms with Crippen molar-refractivity contribution in [2.75, 3.05) is 0 Å². The molecule has 0 saturated carbocycles. The van der Waals surface area contributed by atoms with E-state index in [2.05, 4.69) is 0 Å². The van der Waals surface area contributed by atoms with Crippen molar-refractivity contribution < 1.29 is 24.4 Å². The van der Waals surface area contributed by atoms with Gasteiger partial charge < -0.3 is 4.74 Å². The van der Waals surface area contributed by atoms with Gasteiger partial charge in [0.05, 0.1) is 19.7 Å². The maximum Gasteiger partial charge on any atom is 0.387 e. The molecule has 0 radical (unpaired) electrons. The first-order valence-corrected chi connectivity index (χ1v) is 6.25. The highest BCUT2D eigenvalue weighted by Crippen LogP contribution is 2.43. The molecule has 0 unspecified atom stereocenters. The van der Waals surface area contributed by atoms with E-state index in [0.717, 1.165) is 36.4 Å². The first-order valence-electron chi connectivity index (χ1n) is 6.25. The molecule has 25 heavy (non-hydrogen) atoms. The SMILES string of the molecule is O=[N+]([O-])c1cccc(Oc2cccc([N+](=O)[O-])c2[N+](=O)[O-])c1[N+](=O)[O-]. The van der Waals surface area contributed by atoms with Crippen LogP contribution in [0.15, 0.2) is 36.4 Å². The van der Waals surface area contributed by atoms with Crippen LogP contribution in [0, 0.1) is 40.5 Å². The molecule has 128 valence electrons. The Balaban J connectivity index is 2.66. The third-order valence-electron chi connectivity index (χ3n) is 2.93. The fourth-order valence-electron chi connectivity index (χ4n) is 1.97. The van der Waals surface area contributed by atoms with E-state index in [0.29, 0.717) is 0 Å². The van der Waals surface area contributed by atoms with Crippen LogP contribution < -0.4 is 4.74 Å². The number of ether oxygens (including phenoxy) is 1. The van der Waals surface area contributed by atoms with E-state index in [-0.39, 0.29) is 0 Å². The molecule has 0 fully saturated rings. The zero-order valence-corrected chi connectivity index (χ0v) is 11.9. The maximum absolute atomic E-state index is 11.1. The Morgan fingerprint density at radius 3 is 1.24 bits per heavy atom. The number of hydrogen-bond donors (Lipinski definition) is 0. The fraction of sp³-hybridized carbons (Fsp3) is 0. The second kappa shape index (κ2) is 6.53. The molecule has 13 heteroatoms. The first kappa shape index (κ1) is 17.2. The monoisotopic (exact) mass is 350 g/mol. The Morgan fingerprint density at radius 2 is 0.960 bits per heavy atom. The van der Waals surface area contributed by atoms with Crippen LogP contribution in [0.25, 0.3) is 0 Å². The third-order valence-corrected chi connectivity index (χ3v) is 2.93. The van der Waals surface area contributed by atoms with E-state index in [1.807, 2.05) is 0 Å². The van der Waals surface area contributed by atoms with Crippen LogP contribution in [-0.4, -0.2) is 19.7 Å². The van der Waals surface area contributed by atoms with E-state index < -0.39 is 53.9 Å². The molecule has 13 nitrogen and oxygen atoms in total. The zero-order valence-electron chi connectivity index (χ0n) is 11.9. The fourth-order valence-corrected chi connectivity index (χ4v) is 1.97. The van der Waals surface area contributed by atoms with Gasteiger partial charge in [0.15, 0.2) is 0 Å². The van der Waals surface area contributed by atoms with Gasteiger partial charge in [-0.05, 0) is 12.1 Å². The third kappa shape index (κ3) is 3.29. The van der Waals surface area contributed by atoms with Crippen LogP contribution in [0.4, 0.5) is 22.7 Å². The number of para-hydroxylation sites is 2. The molecule has 2 aromatic carbocycles. The number of rotatable bonds is 6. The minimum atomic E-state index is -1.09. The highest BCUT2D eigenvalue weighted by Gasteiger charge is 2.34. The number of nitro benzene ring substituents is 4. The Kier molecular flexibility index (Phi) is 4.49. The van der Waals surface area contributed by atoms with E-state index in [1.54, 1.807) is 0 Å². The second-order valence-corrected chi connectivity index (χ2v) is 4.38. The van der Waals surface area contributed by atoms with Gasteiger partial charge >= 0.3 is 22.7 Å². The lowest BCUT2D eigenvalue weighted by Crippen LogP contribution is -2.02. The van der Waals surface area contributed by atoms with Gasteiger partial charge in [-0.1, -0.05) is 12.1 Å². The molecule has 0 spiro atoms. The van der Waals surface area contributed by atoms with E-state index in [9.17, 15) is 40.5 Å². The highest BCUT2D eigenvalue weighted by atomic mass is 16.7. The van der Waals surface area contributed by atoms with Crippen LogP contribution in [0.2, 0.25) is 0 Å². The Labute approximate surface area is 136 Å². The highest BCUT2D eigenvalue weighted by molar-refractivity contribution is 5.66. The molecule has 0 atom stereocenters. The number of nitro groups is 4. The normalized spacial score (nSPS) is 10.1. The average Bonchev–Trinajstić information content (AvgIpc) is 2.53. The van der Waals surface area contributed by atoms with Gasteiger partial charge in [0, 0.05) is 12.1 Å². The van der Waals surface area contributed by atoms with Crippen LogP contribution in [0.1, 0.15) is 0 Å². The zero-order chi connectivity index (χ0) is 18.7. The lowest BCUT2D eigenvalue weighted by molar-refractivity contribution is -0.424. The predicted octanol–water partition coefficient (Wildman–Crippen LogP) is 3.11. The summed E-state index contributed by atoms with van der Waals surface area (Å²) in [6.45, 7) is 0. The van der Waals surface area contributed by atoms with Gasteiger partial charge in [-0.15, -0.1) is 0 Å². The molecule has 2 aromatic rings. The van der Waals surface area contributed by atoms with Crippen LogP contribution in [0.3, 0.4) is 0 Å². The molecule has 0 bridgehead atoms. The molecule has 0 heterocycles. The Bertz CT molecular complexity index is 838. The van der Waals surface area contributed by atoms with Gasteiger partial charge in [0.1, 0.15) is 0 Å². The van der Waals surface area contributed by atoms with Crippen molar-refractivity contribution >= 4 is 22.7 Å². The first-order chi connectivity index (χ1) is 11.7. The summed E-state index contributed by atoms with van der Waals surface area (Å²) in [5.41, 5.74) is -3.85. The van der Waals surface area contributed by atoms with E-state index in [1.165, 1.54) is 0 Å². The van der Waals surface area contributed by atoms with Crippen molar-refractivity contribution in [3.8, 4) is 11.5 Å². The van der Waals surface area contributed by atoms with Gasteiger partial charge in [-0.25, -0.2) is 0 Å². The molecule has 0 aliphatic carbocycles. The summed E-state index contributed by atoms with van der Waals surface area (Å²) < 4.78 is 5.05. The van der Waals surface area contributed by atoms with Gasteiger partial charge in [0.25, 0.3) is 0 Å². The lowest BCUT2D eigenvalue weighted by Gasteiger charge is -2.07. The molecule has 2 rings (SSSR count). The van der Waals surface area contributed by atoms with Crippen LogP contribution >= 0.6 is 0 Å². The van der Waals surface area contributed by atoms with Crippen LogP contribution in [-0.2, 0) is 0 Å². The smallest absolute Gasteiger partial charge is 0.387 e. The quantitative estimate of drug-likeness (QED) is 0.558. The van der Waals surface area contributed by atoms with Crippen molar-refractivity contribution in [1.82, 2.24) is 0 Å². The summed E-state index contributed by atoms with van der Waals surface area (Å²) in [4.78, 5) is 39.8. The summed E-state index contributed by atoms with van der Waals surface area (Å²) in [6, 6.07) is 5.81. The summed E-state index contributed by atoms with van der Waals surface area (Å²) in [5, 5.41) is 44.0. The summed E-state index contributed by atoms with van der Waals surface area (Å²) in [5.74, 6) is -1.33. The predicted molar refractivity (Wildman–Crippen MR) is 79.6 cm³/mol. The summed E-state index contributed by atoms with van der Waals surface area (Å²) in [7, 11) is 0. The Hall–Kier alpha value is -4.16. The largest absolute Gasteiger partial charge is 0.442 e. The van der Waals surface area contributed by atoms with E-state index in [4.69, 9.17) is 4.74 Å². The molecule has 0 aliphatic rings. The molecular weight excluding hydrogens is 344 g/mol. The summed E-state index contributed by atoms with van der Waals surface area (Å²) in [6.07, 6.45) is 0. The number of benzene rings is 2. The van der Waals surface area contributed by atoms with Crippen molar-refractivity contribution in [1.29, 1.82) is 0 Å². The van der Waals surface area contributed by atoms with Crippen molar-refractivity contribution in [2.24, 2.45) is 0 Å². The Morgan fingerprint density at radius 1 is 0.600 bits per heavy atom. The second-order valence-electron chi connectivity index (χ2n) is 4.38. The minimum Gasteiger partial charge on any atom is -0.442 e. The number of nitrogens with zero attached hydrogens (tertiary/aromatic N) is 4.